The van der Waals surface area contributed by atoms with Gasteiger partial charge in [-0.15, -0.1) is 10.2 Å². The van der Waals surface area contributed by atoms with Crippen molar-refractivity contribution in [2.75, 3.05) is 13.1 Å². The third kappa shape index (κ3) is 2.97. The van der Waals surface area contributed by atoms with Gasteiger partial charge in [-0.3, -0.25) is 9.78 Å². The van der Waals surface area contributed by atoms with Gasteiger partial charge in [0.05, 0.1) is 17.2 Å². The van der Waals surface area contributed by atoms with Crippen LogP contribution >= 0.6 is 0 Å². The third-order valence-electron chi connectivity index (χ3n) is 4.80. The summed E-state index contributed by atoms with van der Waals surface area (Å²) in [4.78, 5) is 23.4. The van der Waals surface area contributed by atoms with Gasteiger partial charge in [0.15, 0.2) is 0 Å². The summed E-state index contributed by atoms with van der Waals surface area (Å²) >= 11 is 0. The number of hydrogen-bond acceptors (Lipinski definition) is 5. The molecule has 7 heteroatoms. The van der Waals surface area contributed by atoms with E-state index < -0.39 is 0 Å². The summed E-state index contributed by atoms with van der Waals surface area (Å²) in [7, 11) is 0. The molecule has 0 atom stereocenters. The van der Waals surface area contributed by atoms with E-state index in [0.717, 1.165) is 36.2 Å². The molecule has 0 aliphatic carbocycles. The molecule has 128 valence electrons. The molecule has 25 heavy (non-hydrogen) atoms. The van der Waals surface area contributed by atoms with Crippen LogP contribution in [-0.4, -0.2) is 48.6 Å². The maximum Gasteiger partial charge on any atom is 0.274 e. The van der Waals surface area contributed by atoms with Gasteiger partial charge in [0.1, 0.15) is 17.8 Å². The van der Waals surface area contributed by atoms with Gasteiger partial charge in [0, 0.05) is 25.6 Å². The van der Waals surface area contributed by atoms with Crippen LogP contribution in [0, 0.1) is 0 Å². The molecule has 0 spiro atoms. The largest absolute Gasteiger partial charge is 0.337 e. The van der Waals surface area contributed by atoms with Gasteiger partial charge in [-0.1, -0.05) is 12.1 Å². The van der Waals surface area contributed by atoms with E-state index in [9.17, 15) is 4.79 Å². The van der Waals surface area contributed by atoms with Crippen molar-refractivity contribution < 1.29 is 4.79 Å². The van der Waals surface area contributed by atoms with Crippen LogP contribution in [0.5, 0.6) is 0 Å². The minimum Gasteiger partial charge on any atom is -0.337 e. The van der Waals surface area contributed by atoms with Crippen molar-refractivity contribution in [3.8, 4) is 0 Å². The van der Waals surface area contributed by atoms with Crippen LogP contribution in [0.2, 0.25) is 0 Å². The van der Waals surface area contributed by atoms with E-state index in [4.69, 9.17) is 0 Å². The highest BCUT2D eigenvalue weighted by molar-refractivity contribution is 5.93. The molecule has 1 amide bonds. The van der Waals surface area contributed by atoms with E-state index >= 15 is 0 Å². The van der Waals surface area contributed by atoms with Crippen LogP contribution in [0.4, 0.5) is 0 Å². The molecule has 7 nitrogen and oxygen atoms in total. The standard InChI is InChI=1S/C18H20N6O/c1-2-23-12-20-22-17(23)13-7-9-24(10-8-13)18(25)16-11-19-14-5-3-4-6-15(14)21-16/h3-6,11-13H,2,7-10H2,1H3. The minimum atomic E-state index is -0.0475. The number of aromatic nitrogens is 5. The number of aryl methyl sites for hydroxylation is 1. The molecule has 0 bridgehead atoms. The van der Waals surface area contributed by atoms with Gasteiger partial charge in [-0.25, -0.2) is 4.98 Å². The Bertz CT molecular complexity index is 897. The molecule has 3 heterocycles. The van der Waals surface area contributed by atoms with E-state index in [0.29, 0.717) is 24.7 Å². The van der Waals surface area contributed by atoms with Gasteiger partial charge < -0.3 is 9.47 Å². The van der Waals surface area contributed by atoms with Crippen LogP contribution in [-0.2, 0) is 6.54 Å². The summed E-state index contributed by atoms with van der Waals surface area (Å²) in [6, 6.07) is 7.59. The summed E-state index contributed by atoms with van der Waals surface area (Å²) in [5.74, 6) is 1.34. The van der Waals surface area contributed by atoms with Crippen molar-refractivity contribution in [2.45, 2.75) is 32.2 Å². The lowest BCUT2D eigenvalue weighted by Crippen LogP contribution is -2.38. The van der Waals surface area contributed by atoms with E-state index in [1.54, 1.807) is 12.5 Å². The Morgan fingerprint density at radius 3 is 2.72 bits per heavy atom. The fourth-order valence-electron chi connectivity index (χ4n) is 3.39. The van der Waals surface area contributed by atoms with E-state index in [-0.39, 0.29) is 5.91 Å². The predicted molar refractivity (Wildman–Crippen MR) is 93.1 cm³/mol. The van der Waals surface area contributed by atoms with E-state index in [2.05, 4.69) is 31.7 Å². The Morgan fingerprint density at radius 2 is 1.96 bits per heavy atom. The summed E-state index contributed by atoms with van der Waals surface area (Å²) in [5.41, 5.74) is 1.96. The number of nitrogens with zero attached hydrogens (tertiary/aromatic N) is 6. The maximum absolute atomic E-state index is 12.7. The SMILES string of the molecule is CCn1cnnc1C1CCN(C(=O)c2cnc3ccccc3n2)CC1. The number of carbonyl (C=O) groups excluding carboxylic acids is 1. The average molecular weight is 336 g/mol. The number of likely N-dealkylation sites (tertiary alicyclic amines) is 1. The van der Waals surface area contributed by atoms with Crippen LogP contribution < -0.4 is 0 Å². The van der Waals surface area contributed by atoms with Crippen LogP contribution in [0.25, 0.3) is 11.0 Å². The topological polar surface area (TPSA) is 76.8 Å². The predicted octanol–water partition coefficient (Wildman–Crippen LogP) is 2.26. The number of para-hydroxylation sites is 2. The lowest BCUT2D eigenvalue weighted by atomic mass is 9.95. The van der Waals surface area contributed by atoms with E-state index in [1.807, 2.05) is 29.2 Å². The lowest BCUT2D eigenvalue weighted by molar-refractivity contribution is 0.0704. The Hall–Kier alpha value is -2.83. The molecule has 0 saturated carbocycles. The highest BCUT2D eigenvalue weighted by atomic mass is 16.2. The zero-order valence-corrected chi connectivity index (χ0v) is 14.2. The van der Waals surface area contributed by atoms with Crippen LogP contribution in [0.15, 0.2) is 36.8 Å². The monoisotopic (exact) mass is 336 g/mol. The second kappa shape index (κ2) is 6.58. The first-order chi connectivity index (χ1) is 12.3. The van der Waals surface area contributed by atoms with Gasteiger partial charge >= 0.3 is 0 Å². The zero-order valence-electron chi connectivity index (χ0n) is 14.2. The van der Waals surface area contributed by atoms with Crippen LogP contribution in [0.3, 0.4) is 0 Å². The average Bonchev–Trinajstić information content (AvgIpc) is 3.16. The van der Waals surface area contributed by atoms with Gasteiger partial charge in [0.2, 0.25) is 0 Å². The molecule has 1 aromatic carbocycles. The van der Waals surface area contributed by atoms with Crippen molar-refractivity contribution in [3.05, 3.63) is 48.3 Å². The highest BCUT2D eigenvalue weighted by Crippen LogP contribution is 2.27. The van der Waals surface area contributed by atoms with Crippen molar-refractivity contribution in [1.82, 2.24) is 29.6 Å². The van der Waals surface area contributed by atoms with Gasteiger partial charge in [-0.2, -0.15) is 0 Å². The van der Waals surface area contributed by atoms with Crippen LogP contribution in [0.1, 0.15) is 42.0 Å². The molecule has 2 aromatic heterocycles. The second-order valence-electron chi connectivity index (χ2n) is 6.29. The molecular weight excluding hydrogens is 316 g/mol. The quantitative estimate of drug-likeness (QED) is 0.733. The lowest BCUT2D eigenvalue weighted by Gasteiger charge is -2.31. The van der Waals surface area contributed by atoms with Crippen molar-refractivity contribution in [2.24, 2.45) is 0 Å². The minimum absolute atomic E-state index is 0.0475. The molecule has 0 radical (unpaired) electrons. The zero-order chi connectivity index (χ0) is 17.2. The van der Waals surface area contributed by atoms with E-state index in [1.165, 1.54) is 0 Å². The molecule has 0 unspecified atom stereocenters. The second-order valence-corrected chi connectivity index (χ2v) is 6.29. The summed E-state index contributed by atoms with van der Waals surface area (Å²) in [6.07, 6.45) is 5.14. The molecule has 1 aliphatic rings. The van der Waals surface area contributed by atoms with Gasteiger partial charge in [-0.05, 0) is 31.9 Å². The molecule has 3 aromatic rings. The summed E-state index contributed by atoms with van der Waals surface area (Å²) in [6.45, 7) is 4.36. The first-order valence-corrected chi connectivity index (χ1v) is 8.65. The Balaban J connectivity index is 1.47. The fourth-order valence-corrected chi connectivity index (χ4v) is 3.39. The normalized spacial score (nSPS) is 15.6. The number of rotatable bonds is 3. The number of benzene rings is 1. The number of amides is 1. The molecular formula is C18H20N6O. The Labute approximate surface area is 145 Å². The Kier molecular flexibility index (Phi) is 4.13. The summed E-state index contributed by atoms with van der Waals surface area (Å²) < 4.78 is 2.08. The Morgan fingerprint density at radius 1 is 1.20 bits per heavy atom. The highest BCUT2D eigenvalue weighted by Gasteiger charge is 2.27. The first-order valence-electron chi connectivity index (χ1n) is 8.65. The first kappa shape index (κ1) is 15.7. The fraction of sp³-hybridized carbons (Fsp3) is 0.389. The number of fused-ring (bicyclic) bond motifs is 1. The summed E-state index contributed by atoms with van der Waals surface area (Å²) in [5, 5.41) is 8.27. The number of piperidine rings is 1. The number of carbonyl (C=O) groups is 1. The van der Waals surface area contributed by atoms with Gasteiger partial charge in [0.25, 0.3) is 5.91 Å². The number of hydrogen-bond donors (Lipinski definition) is 0. The molecule has 4 rings (SSSR count). The van der Waals surface area contributed by atoms with Crippen molar-refractivity contribution >= 4 is 16.9 Å². The smallest absolute Gasteiger partial charge is 0.274 e. The maximum atomic E-state index is 12.7. The molecule has 1 fully saturated rings. The van der Waals surface area contributed by atoms with Crippen molar-refractivity contribution in [1.29, 1.82) is 0 Å². The molecule has 1 saturated heterocycles. The molecule has 0 N–H and O–H groups in total. The van der Waals surface area contributed by atoms with Crippen molar-refractivity contribution in [3.63, 3.8) is 0 Å². The third-order valence-corrected chi connectivity index (χ3v) is 4.80. The molecule has 1 aliphatic heterocycles.